The number of aromatic amines is 1. The van der Waals surface area contributed by atoms with E-state index >= 15 is 0 Å². The van der Waals surface area contributed by atoms with Gasteiger partial charge in [0.2, 0.25) is 0 Å². The summed E-state index contributed by atoms with van der Waals surface area (Å²) in [6.45, 7) is 1.18. The van der Waals surface area contributed by atoms with Crippen molar-refractivity contribution in [2.45, 2.75) is 12.5 Å². The lowest BCUT2D eigenvalue weighted by Gasteiger charge is -2.37. The second-order valence-corrected chi connectivity index (χ2v) is 7.66. The number of aromatic nitrogens is 2. The number of amides is 1. The van der Waals surface area contributed by atoms with Crippen LogP contribution in [-0.2, 0) is 6.61 Å². The van der Waals surface area contributed by atoms with Crippen LogP contribution in [0.5, 0.6) is 5.75 Å². The number of hydrogen-bond acceptors (Lipinski definition) is 5. The van der Waals surface area contributed by atoms with Crippen LogP contribution < -0.4 is 4.74 Å². The van der Waals surface area contributed by atoms with Crippen LogP contribution in [0.25, 0.3) is 11.0 Å². The van der Waals surface area contributed by atoms with Gasteiger partial charge in [-0.15, -0.1) is 0 Å². The molecular formula is C21H21N3O4. The van der Waals surface area contributed by atoms with Crippen LogP contribution >= 0.6 is 0 Å². The molecule has 0 saturated carbocycles. The van der Waals surface area contributed by atoms with Crippen molar-refractivity contribution in [3.8, 4) is 5.75 Å². The van der Waals surface area contributed by atoms with E-state index in [2.05, 4.69) is 9.97 Å². The summed E-state index contributed by atoms with van der Waals surface area (Å²) in [4.78, 5) is 22.3. The monoisotopic (exact) mass is 379 g/mol. The van der Waals surface area contributed by atoms with Gasteiger partial charge in [0, 0.05) is 24.6 Å². The molecule has 3 heterocycles. The Bertz CT molecular complexity index is 1060. The number of nitrogens with zero attached hydrogens (tertiary/aromatic N) is 2. The number of carbonyl (C=O) groups is 1. The molecule has 0 bridgehead atoms. The van der Waals surface area contributed by atoms with Crippen molar-refractivity contribution < 1.29 is 19.7 Å². The zero-order valence-corrected chi connectivity index (χ0v) is 15.3. The number of para-hydroxylation sites is 1. The second-order valence-electron chi connectivity index (χ2n) is 7.66. The van der Waals surface area contributed by atoms with Gasteiger partial charge in [-0.2, -0.15) is 0 Å². The lowest BCUT2D eigenvalue weighted by atomic mass is 9.74. The van der Waals surface area contributed by atoms with E-state index in [4.69, 9.17) is 4.74 Å². The number of H-pyrrole nitrogens is 1. The molecule has 2 atom stereocenters. The SMILES string of the molecule is O=C(c1ccc2nc(CO)[nH]c2c1)N1CC2c3ccccc3OCC2(CO)C1. The van der Waals surface area contributed by atoms with E-state index in [9.17, 15) is 15.0 Å². The Morgan fingerprint density at radius 2 is 2.14 bits per heavy atom. The van der Waals surface area contributed by atoms with Gasteiger partial charge in [-0.05, 0) is 29.8 Å². The molecule has 2 aromatic carbocycles. The normalized spacial score (nSPS) is 23.4. The van der Waals surface area contributed by atoms with Crippen molar-refractivity contribution in [3.63, 3.8) is 0 Å². The van der Waals surface area contributed by atoms with E-state index in [0.29, 0.717) is 36.6 Å². The molecule has 144 valence electrons. The Hall–Kier alpha value is -2.90. The first-order valence-corrected chi connectivity index (χ1v) is 9.35. The Morgan fingerprint density at radius 1 is 1.29 bits per heavy atom. The van der Waals surface area contributed by atoms with Crippen molar-refractivity contribution in [2.75, 3.05) is 26.3 Å². The van der Waals surface area contributed by atoms with Gasteiger partial charge < -0.3 is 24.8 Å². The van der Waals surface area contributed by atoms with Crippen molar-refractivity contribution >= 4 is 16.9 Å². The van der Waals surface area contributed by atoms with Gasteiger partial charge in [-0.1, -0.05) is 18.2 Å². The lowest BCUT2D eigenvalue weighted by molar-refractivity contribution is 0.0440. The van der Waals surface area contributed by atoms with E-state index in [1.54, 1.807) is 23.1 Å². The van der Waals surface area contributed by atoms with E-state index in [1.807, 2.05) is 24.3 Å². The van der Waals surface area contributed by atoms with Gasteiger partial charge in [0.1, 0.15) is 18.2 Å². The average molecular weight is 379 g/mol. The molecule has 0 aliphatic carbocycles. The number of imidazole rings is 1. The van der Waals surface area contributed by atoms with Gasteiger partial charge in [0.25, 0.3) is 5.91 Å². The fourth-order valence-electron chi connectivity index (χ4n) is 4.48. The van der Waals surface area contributed by atoms with Crippen LogP contribution in [0.4, 0.5) is 0 Å². The Morgan fingerprint density at radius 3 is 2.96 bits per heavy atom. The molecule has 2 aliphatic heterocycles. The fourth-order valence-corrected chi connectivity index (χ4v) is 4.48. The van der Waals surface area contributed by atoms with Crippen molar-refractivity contribution in [1.29, 1.82) is 0 Å². The number of aliphatic hydroxyl groups is 2. The third-order valence-corrected chi connectivity index (χ3v) is 5.99. The highest BCUT2D eigenvalue weighted by molar-refractivity contribution is 5.97. The molecule has 1 fully saturated rings. The standard InChI is InChI=1S/C21H21N3O4/c25-9-19-22-16-6-5-13(7-17(16)23-19)20(27)24-8-15-14-3-1-2-4-18(14)28-12-21(15,10-24)11-26/h1-7,15,25-26H,8-12H2,(H,22,23). The largest absolute Gasteiger partial charge is 0.493 e. The topological polar surface area (TPSA) is 98.7 Å². The van der Waals surface area contributed by atoms with E-state index in [1.165, 1.54) is 0 Å². The predicted molar refractivity (Wildman–Crippen MR) is 102 cm³/mol. The van der Waals surface area contributed by atoms with Crippen LogP contribution in [0.1, 0.15) is 27.7 Å². The zero-order chi connectivity index (χ0) is 19.3. The maximum absolute atomic E-state index is 13.2. The predicted octanol–water partition coefficient (Wildman–Crippen LogP) is 1.67. The molecule has 1 saturated heterocycles. The number of benzene rings is 2. The summed E-state index contributed by atoms with van der Waals surface area (Å²) in [5.74, 6) is 1.27. The van der Waals surface area contributed by atoms with Gasteiger partial charge in [0.05, 0.1) is 29.7 Å². The first-order chi connectivity index (χ1) is 13.6. The first kappa shape index (κ1) is 17.2. The molecule has 5 rings (SSSR count). The zero-order valence-electron chi connectivity index (χ0n) is 15.3. The van der Waals surface area contributed by atoms with E-state index in [0.717, 1.165) is 16.8 Å². The summed E-state index contributed by atoms with van der Waals surface area (Å²) in [5, 5.41) is 19.4. The number of hydrogen-bond donors (Lipinski definition) is 3. The second kappa shape index (κ2) is 6.32. The van der Waals surface area contributed by atoms with Crippen molar-refractivity contribution in [1.82, 2.24) is 14.9 Å². The number of aliphatic hydroxyl groups excluding tert-OH is 2. The van der Waals surface area contributed by atoms with Crippen molar-refractivity contribution in [2.24, 2.45) is 5.41 Å². The molecule has 1 amide bonds. The van der Waals surface area contributed by atoms with Gasteiger partial charge in [0.15, 0.2) is 0 Å². The third kappa shape index (κ3) is 2.51. The lowest BCUT2D eigenvalue weighted by Crippen LogP contribution is -2.42. The number of nitrogens with one attached hydrogen (secondary N) is 1. The van der Waals surface area contributed by atoms with Crippen LogP contribution in [0, 0.1) is 5.41 Å². The number of carbonyl (C=O) groups excluding carboxylic acids is 1. The molecule has 2 unspecified atom stereocenters. The molecule has 3 N–H and O–H groups in total. The summed E-state index contributed by atoms with van der Waals surface area (Å²) < 4.78 is 5.90. The maximum Gasteiger partial charge on any atom is 0.253 e. The number of likely N-dealkylation sites (tertiary alicyclic amines) is 1. The van der Waals surface area contributed by atoms with Crippen LogP contribution in [0.3, 0.4) is 0 Å². The molecule has 2 aliphatic rings. The quantitative estimate of drug-likeness (QED) is 0.643. The molecule has 7 heteroatoms. The number of ether oxygens (including phenoxy) is 1. The highest BCUT2D eigenvalue weighted by Crippen LogP contribution is 2.49. The summed E-state index contributed by atoms with van der Waals surface area (Å²) in [5.41, 5.74) is 2.56. The van der Waals surface area contributed by atoms with Crippen LogP contribution in [0.15, 0.2) is 42.5 Å². The Labute approximate surface area is 161 Å². The highest BCUT2D eigenvalue weighted by Gasteiger charge is 2.52. The third-order valence-electron chi connectivity index (χ3n) is 5.99. The molecular weight excluding hydrogens is 358 g/mol. The Kier molecular flexibility index (Phi) is 3.89. The molecule has 3 aromatic rings. The summed E-state index contributed by atoms with van der Waals surface area (Å²) in [7, 11) is 0. The summed E-state index contributed by atoms with van der Waals surface area (Å²) in [6.07, 6.45) is 0. The molecule has 1 aromatic heterocycles. The molecule has 28 heavy (non-hydrogen) atoms. The summed E-state index contributed by atoms with van der Waals surface area (Å²) in [6, 6.07) is 13.2. The fraction of sp³-hybridized carbons (Fsp3) is 0.333. The highest BCUT2D eigenvalue weighted by atomic mass is 16.5. The minimum Gasteiger partial charge on any atom is -0.493 e. The van der Waals surface area contributed by atoms with Crippen molar-refractivity contribution in [3.05, 3.63) is 59.4 Å². The molecule has 7 nitrogen and oxygen atoms in total. The van der Waals surface area contributed by atoms with Crippen LogP contribution in [-0.4, -0.2) is 57.3 Å². The van der Waals surface area contributed by atoms with E-state index < -0.39 is 5.41 Å². The minimum absolute atomic E-state index is 0.0325. The number of rotatable bonds is 3. The Balaban J connectivity index is 1.47. The minimum atomic E-state index is -0.480. The van der Waals surface area contributed by atoms with Gasteiger partial charge >= 0.3 is 0 Å². The van der Waals surface area contributed by atoms with Crippen LogP contribution in [0.2, 0.25) is 0 Å². The smallest absolute Gasteiger partial charge is 0.253 e. The average Bonchev–Trinajstić information content (AvgIpc) is 3.34. The molecule has 0 spiro atoms. The summed E-state index contributed by atoms with van der Waals surface area (Å²) >= 11 is 0. The van der Waals surface area contributed by atoms with Gasteiger partial charge in [-0.25, -0.2) is 4.98 Å². The van der Waals surface area contributed by atoms with E-state index in [-0.39, 0.29) is 25.0 Å². The molecule has 0 radical (unpaired) electrons. The maximum atomic E-state index is 13.2. The first-order valence-electron chi connectivity index (χ1n) is 9.35. The number of fused-ring (bicyclic) bond motifs is 4. The van der Waals surface area contributed by atoms with Gasteiger partial charge in [-0.3, -0.25) is 4.79 Å².